The van der Waals surface area contributed by atoms with Crippen LogP contribution in [0.25, 0.3) is 11.0 Å². The molecule has 0 fully saturated rings. The van der Waals surface area contributed by atoms with Crippen LogP contribution >= 0.6 is 24.0 Å². The van der Waals surface area contributed by atoms with E-state index in [1.165, 1.54) is 18.5 Å². The third-order valence-corrected chi connectivity index (χ3v) is 5.55. The summed E-state index contributed by atoms with van der Waals surface area (Å²) in [6, 6.07) is 12.8. The number of fused-ring (bicyclic) bond motifs is 1. The van der Waals surface area contributed by atoms with Crippen LogP contribution in [0.3, 0.4) is 0 Å². The molecule has 0 aliphatic rings. The number of aromatic nitrogens is 1. The number of sulfonamides is 1. The number of hydrogen-bond acceptors (Lipinski definition) is 5. The summed E-state index contributed by atoms with van der Waals surface area (Å²) in [5.74, 6) is 1.34. The summed E-state index contributed by atoms with van der Waals surface area (Å²) < 4.78 is 32.7. The molecule has 0 aliphatic carbocycles. The number of furan rings is 1. The van der Waals surface area contributed by atoms with Crippen LogP contribution in [-0.2, 0) is 10.0 Å². The van der Waals surface area contributed by atoms with Gasteiger partial charge in [-0.25, -0.2) is 13.1 Å². The molecule has 0 amide bonds. The molecule has 0 spiro atoms. The minimum Gasteiger partial charge on any atom is -0.459 e. The quantitative estimate of drug-likeness (QED) is 0.188. The Balaban J connectivity index is 0.00000300. The van der Waals surface area contributed by atoms with Gasteiger partial charge >= 0.3 is 0 Å². The second-order valence-corrected chi connectivity index (χ2v) is 7.91. The fourth-order valence-electron chi connectivity index (χ4n) is 2.64. The number of benzene rings is 1. The standard InChI is InChI=1S/C19H23N5O3S.HI/c1-14(18-12-15-6-3-4-8-17(15)27-18)24-19(20-2)22-10-11-23-28(25,26)16-7-5-9-21-13-16;/h3-9,12-14,23H,10-11H2,1-2H3,(H2,20,22,24);1H. The zero-order valence-electron chi connectivity index (χ0n) is 16.1. The number of hydrogen-bond donors (Lipinski definition) is 3. The van der Waals surface area contributed by atoms with Gasteiger partial charge in [0, 0.05) is 37.9 Å². The Labute approximate surface area is 187 Å². The van der Waals surface area contributed by atoms with E-state index in [-0.39, 0.29) is 41.5 Å². The van der Waals surface area contributed by atoms with Gasteiger partial charge in [-0.15, -0.1) is 24.0 Å². The molecule has 1 aromatic carbocycles. The van der Waals surface area contributed by atoms with Crippen LogP contribution < -0.4 is 15.4 Å². The van der Waals surface area contributed by atoms with Crippen molar-refractivity contribution in [1.29, 1.82) is 0 Å². The third kappa shape index (κ3) is 6.15. The van der Waals surface area contributed by atoms with Crippen molar-refractivity contribution in [2.45, 2.75) is 17.9 Å². The maximum Gasteiger partial charge on any atom is 0.242 e. The summed E-state index contributed by atoms with van der Waals surface area (Å²) in [5.41, 5.74) is 0.832. The molecule has 3 aromatic rings. The maximum atomic E-state index is 12.2. The first-order valence-corrected chi connectivity index (χ1v) is 10.3. The highest BCUT2D eigenvalue weighted by Crippen LogP contribution is 2.23. The number of pyridine rings is 1. The highest BCUT2D eigenvalue weighted by molar-refractivity contribution is 14.0. The average Bonchev–Trinajstić information content (AvgIpc) is 3.15. The molecule has 1 atom stereocenters. The van der Waals surface area contributed by atoms with Crippen LogP contribution in [0.15, 0.2) is 69.2 Å². The van der Waals surface area contributed by atoms with Gasteiger partial charge in [0.2, 0.25) is 10.0 Å². The van der Waals surface area contributed by atoms with E-state index in [0.717, 1.165) is 16.7 Å². The fraction of sp³-hybridized carbons (Fsp3) is 0.263. The van der Waals surface area contributed by atoms with Crippen molar-refractivity contribution >= 4 is 50.9 Å². The van der Waals surface area contributed by atoms with Crippen LogP contribution in [0.2, 0.25) is 0 Å². The lowest BCUT2D eigenvalue weighted by molar-refractivity contribution is 0.488. The Bertz CT molecular complexity index is 1020. The van der Waals surface area contributed by atoms with E-state index in [1.54, 1.807) is 13.1 Å². The Morgan fingerprint density at radius 2 is 2.00 bits per heavy atom. The molecule has 156 valence electrons. The summed E-state index contributed by atoms with van der Waals surface area (Å²) in [6.45, 7) is 2.54. The van der Waals surface area contributed by atoms with Gasteiger partial charge in [0.25, 0.3) is 0 Å². The van der Waals surface area contributed by atoms with E-state index in [1.807, 2.05) is 37.3 Å². The van der Waals surface area contributed by atoms with Gasteiger partial charge < -0.3 is 15.1 Å². The van der Waals surface area contributed by atoms with Crippen LogP contribution in [0.4, 0.5) is 0 Å². The Kier molecular flexibility index (Phi) is 8.41. The fourth-order valence-corrected chi connectivity index (χ4v) is 3.64. The zero-order valence-corrected chi connectivity index (χ0v) is 19.3. The van der Waals surface area contributed by atoms with Crippen molar-refractivity contribution in [2.24, 2.45) is 4.99 Å². The maximum absolute atomic E-state index is 12.2. The molecule has 10 heteroatoms. The van der Waals surface area contributed by atoms with Crippen molar-refractivity contribution in [3.8, 4) is 0 Å². The monoisotopic (exact) mass is 529 g/mol. The van der Waals surface area contributed by atoms with Crippen molar-refractivity contribution in [3.05, 3.63) is 60.6 Å². The molecule has 8 nitrogen and oxygen atoms in total. The Morgan fingerprint density at radius 1 is 1.21 bits per heavy atom. The molecule has 0 radical (unpaired) electrons. The highest BCUT2D eigenvalue weighted by atomic mass is 127. The van der Waals surface area contributed by atoms with Gasteiger partial charge in [-0.2, -0.15) is 0 Å². The lowest BCUT2D eigenvalue weighted by Crippen LogP contribution is -2.42. The van der Waals surface area contributed by atoms with E-state index < -0.39 is 10.0 Å². The lowest BCUT2D eigenvalue weighted by atomic mass is 10.2. The summed E-state index contributed by atoms with van der Waals surface area (Å²) in [5, 5.41) is 7.35. The second kappa shape index (κ2) is 10.6. The molecule has 1 unspecified atom stereocenters. The summed E-state index contributed by atoms with van der Waals surface area (Å²) >= 11 is 0. The molecule has 2 aromatic heterocycles. The van der Waals surface area contributed by atoms with Gasteiger partial charge in [0.1, 0.15) is 16.2 Å². The van der Waals surface area contributed by atoms with E-state index in [0.29, 0.717) is 12.5 Å². The Morgan fingerprint density at radius 3 is 2.69 bits per heavy atom. The van der Waals surface area contributed by atoms with Gasteiger partial charge in [-0.3, -0.25) is 9.98 Å². The van der Waals surface area contributed by atoms with E-state index in [2.05, 4.69) is 25.3 Å². The molecule has 0 saturated heterocycles. The molecule has 0 bridgehead atoms. The van der Waals surface area contributed by atoms with Crippen LogP contribution in [-0.4, -0.2) is 39.5 Å². The normalized spacial score (nSPS) is 13.0. The van der Waals surface area contributed by atoms with Crippen LogP contribution in [0.1, 0.15) is 18.7 Å². The van der Waals surface area contributed by atoms with Gasteiger partial charge in [-0.1, -0.05) is 18.2 Å². The number of rotatable bonds is 7. The topological polar surface area (TPSA) is 109 Å². The van der Waals surface area contributed by atoms with E-state index in [9.17, 15) is 8.42 Å². The summed E-state index contributed by atoms with van der Waals surface area (Å²) in [4.78, 5) is 8.13. The van der Waals surface area contributed by atoms with Crippen molar-refractivity contribution < 1.29 is 12.8 Å². The Hall–Kier alpha value is -2.18. The predicted molar refractivity (Wildman–Crippen MR) is 124 cm³/mol. The molecule has 29 heavy (non-hydrogen) atoms. The minimum atomic E-state index is -3.57. The third-order valence-electron chi connectivity index (χ3n) is 4.10. The molecule has 2 heterocycles. The first-order valence-electron chi connectivity index (χ1n) is 8.85. The van der Waals surface area contributed by atoms with Gasteiger partial charge in [-0.05, 0) is 31.2 Å². The average molecular weight is 529 g/mol. The van der Waals surface area contributed by atoms with Crippen LogP contribution in [0.5, 0.6) is 0 Å². The van der Waals surface area contributed by atoms with Gasteiger partial charge in [0.15, 0.2) is 5.96 Å². The van der Waals surface area contributed by atoms with E-state index in [4.69, 9.17) is 4.42 Å². The smallest absolute Gasteiger partial charge is 0.242 e. The number of nitrogens with one attached hydrogen (secondary N) is 3. The first kappa shape index (κ1) is 23.1. The van der Waals surface area contributed by atoms with Crippen molar-refractivity contribution in [3.63, 3.8) is 0 Å². The van der Waals surface area contributed by atoms with Crippen molar-refractivity contribution in [1.82, 2.24) is 20.3 Å². The lowest BCUT2D eigenvalue weighted by Gasteiger charge is -2.16. The van der Waals surface area contributed by atoms with Gasteiger partial charge in [0.05, 0.1) is 6.04 Å². The number of para-hydroxylation sites is 1. The zero-order chi connectivity index (χ0) is 20.0. The molecule has 0 saturated carbocycles. The minimum absolute atomic E-state index is 0. The van der Waals surface area contributed by atoms with Crippen molar-refractivity contribution in [2.75, 3.05) is 20.1 Å². The van der Waals surface area contributed by atoms with Crippen LogP contribution in [0, 0.1) is 0 Å². The largest absolute Gasteiger partial charge is 0.459 e. The molecule has 3 rings (SSSR count). The second-order valence-electron chi connectivity index (χ2n) is 6.14. The summed E-state index contributed by atoms with van der Waals surface area (Å²) in [7, 11) is -1.92. The first-order chi connectivity index (χ1) is 13.5. The highest BCUT2D eigenvalue weighted by Gasteiger charge is 2.14. The molecule has 0 aliphatic heterocycles. The molecular formula is C19H24IN5O3S. The molecular weight excluding hydrogens is 505 g/mol. The number of guanidine groups is 1. The van der Waals surface area contributed by atoms with E-state index >= 15 is 0 Å². The number of halogens is 1. The number of aliphatic imine (C=N–C) groups is 1. The number of nitrogens with zero attached hydrogens (tertiary/aromatic N) is 2. The SMILES string of the molecule is CN=C(NCCNS(=O)(=O)c1cccnc1)NC(C)c1cc2ccccc2o1.I. The summed E-state index contributed by atoms with van der Waals surface area (Å²) in [6.07, 6.45) is 2.84. The predicted octanol–water partition coefficient (Wildman–Crippen LogP) is 2.65. The molecule has 3 N–H and O–H groups in total.